The Bertz CT molecular complexity index is 483. The van der Waals surface area contributed by atoms with Crippen molar-refractivity contribution >= 4 is 5.69 Å². The number of nitrogens with zero attached hydrogens (tertiary/aromatic N) is 1. The minimum atomic E-state index is -0.285. The molecule has 0 radical (unpaired) electrons. The molecule has 0 aliphatic heterocycles. The van der Waals surface area contributed by atoms with Gasteiger partial charge in [-0.2, -0.15) is 0 Å². The Kier molecular flexibility index (Phi) is 3.74. The van der Waals surface area contributed by atoms with Crippen LogP contribution in [0.2, 0.25) is 0 Å². The summed E-state index contributed by atoms with van der Waals surface area (Å²) in [5.74, 6) is 2.61. The highest BCUT2D eigenvalue weighted by Crippen LogP contribution is 2.49. The van der Waals surface area contributed by atoms with Crippen LogP contribution in [-0.2, 0) is 0 Å². The van der Waals surface area contributed by atoms with E-state index in [9.17, 15) is 10.1 Å². The quantitative estimate of drug-likeness (QED) is 0.609. The van der Waals surface area contributed by atoms with E-state index in [-0.39, 0.29) is 16.7 Å². The lowest BCUT2D eigenvalue weighted by molar-refractivity contribution is -0.385. The molecule has 0 heterocycles. The number of hydrogen-bond donors (Lipinski definition) is 1. The molecule has 2 saturated carbocycles. The summed E-state index contributed by atoms with van der Waals surface area (Å²) in [5, 5.41) is 14.6. The molecule has 108 valence electrons. The molecule has 1 atom stereocenters. The van der Waals surface area contributed by atoms with Crippen molar-refractivity contribution in [2.75, 3.05) is 6.54 Å². The Morgan fingerprint density at radius 1 is 1.25 bits per heavy atom. The maximum Gasteiger partial charge on any atom is 0.274 e. The van der Waals surface area contributed by atoms with Crippen molar-refractivity contribution in [1.29, 1.82) is 0 Å². The van der Waals surface area contributed by atoms with Gasteiger partial charge in [-0.15, -0.1) is 0 Å². The maximum atomic E-state index is 11.1. The van der Waals surface area contributed by atoms with Gasteiger partial charge >= 0.3 is 0 Å². The molecule has 20 heavy (non-hydrogen) atoms. The summed E-state index contributed by atoms with van der Waals surface area (Å²) >= 11 is 0. The van der Waals surface area contributed by atoms with Crippen molar-refractivity contribution in [2.45, 2.75) is 38.6 Å². The molecule has 4 heteroatoms. The molecular formula is C16H22N2O2. The first-order valence-electron chi connectivity index (χ1n) is 7.63. The summed E-state index contributed by atoms with van der Waals surface area (Å²) in [6, 6.07) is 7.09. The molecule has 4 nitrogen and oxygen atoms in total. The number of benzene rings is 1. The highest BCUT2D eigenvalue weighted by atomic mass is 16.6. The van der Waals surface area contributed by atoms with Gasteiger partial charge in [0.15, 0.2) is 0 Å². The van der Waals surface area contributed by atoms with E-state index in [0.717, 1.165) is 29.9 Å². The summed E-state index contributed by atoms with van der Waals surface area (Å²) in [4.78, 5) is 10.8. The van der Waals surface area contributed by atoms with E-state index in [4.69, 9.17) is 0 Å². The van der Waals surface area contributed by atoms with Crippen molar-refractivity contribution in [1.82, 2.24) is 5.32 Å². The van der Waals surface area contributed by atoms with Crippen molar-refractivity contribution in [3.63, 3.8) is 0 Å². The lowest BCUT2D eigenvalue weighted by Gasteiger charge is -2.20. The van der Waals surface area contributed by atoms with Crippen LogP contribution < -0.4 is 5.32 Å². The first kappa shape index (κ1) is 13.6. The Morgan fingerprint density at radius 3 is 2.40 bits per heavy atom. The van der Waals surface area contributed by atoms with Crippen molar-refractivity contribution < 1.29 is 4.92 Å². The van der Waals surface area contributed by atoms with Gasteiger partial charge in [0, 0.05) is 17.7 Å². The predicted octanol–water partition coefficient (Wildman–Crippen LogP) is 3.68. The second-order valence-electron chi connectivity index (χ2n) is 6.28. The van der Waals surface area contributed by atoms with E-state index in [0.29, 0.717) is 0 Å². The minimum absolute atomic E-state index is 0.0385. The smallest absolute Gasteiger partial charge is 0.274 e. The van der Waals surface area contributed by atoms with Gasteiger partial charge in [0.05, 0.1) is 4.92 Å². The lowest BCUT2D eigenvalue weighted by atomic mass is 9.97. The van der Waals surface area contributed by atoms with E-state index < -0.39 is 0 Å². The molecule has 0 saturated heterocycles. The first-order chi connectivity index (χ1) is 9.66. The molecule has 1 N–H and O–H groups in total. The van der Waals surface area contributed by atoms with Crippen LogP contribution in [0.3, 0.4) is 0 Å². The highest BCUT2D eigenvalue weighted by molar-refractivity contribution is 5.41. The molecular weight excluding hydrogens is 252 g/mol. The molecule has 1 unspecified atom stereocenters. The first-order valence-corrected chi connectivity index (χ1v) is 7.63. The van der Waals surface area contributed by atoms with Gasteiger partial charge in [-0.05, 0) is 56.9 Å². The van der Waals surface area contributed by atoms with Crippen molar-refractivity contribution in [2.24, 2.45) is 17.8 Å². The Morgan fingerprint density at radius 2 is 1.85 bits per heavy atom. The van der Waals surface area contributed by atoms with Crippen LogP contribution >= 0.6 is 0 Å². The van der Waals surface area contributed by atoms with Crippen LogP contribution in [0.25, 0.3) is 0 Å². The van der Waals surface area contributed by atoms with E-state index in [1.807, 2.05) is 19.1 Å². The van der Waals surface area contributed by atoms with E-state index in [2.05, 4.69) is 5.32 Å². The van der Waals surface area contributed by atoms with E-state index in [1.165, 1.54) is 25.7 Å². The van der Waals surface area contributed by atoms with Gasteiger partial charge in [0.1, 0.15) is 0 Å². The minimum Gasteiger partial charge on any atom is -0.310 e. The lowest BCUT2D eigenvalue weighted by Crippen LogP contribution is -2.28. The van der Waals surface area contributed by atoms with Crippen LogP contribution in [0.5, 0.6) is 0 Å². The van der Waals surface area contributed by atoms with E-state index in [1.54, 1.807) is 12.1 Å². The number of nitro groups is 1. The third kappa shape index (κ3) is 3.01. The zero-order valence-electron chi connectivity index (χ0n) is 11.9. The third-order valence-electron chi connectivity index (χ3n) is 4.71. The van der Waals surface area contributed by atoms with Crippen LogP contribution in [-0.4, -0.2) is 11.5 Å². The second-order valence-corrected chi connectivity index (χ2v) is 6.28. The topological polar surface area (TPSA) is 55.2 Å². The SMILES string of the molecule is CC(NCC(C1CC1)C1CC1)c1ccccc1[N+](=O)[O-]. The molecule has 0 spiro atoms. The number of para-hydroxylation sites is 1. The third-order valence-corrected chi connectivity index (χ3v) is 4.71. The highest BCUT2D eigenvalue weighted by Gasteiger charge is 2.41. The largest absolute Gasteiger partial charge is 0.310 e. The number of nitrogens with one attached hydrogen (secondary N) is 1. The number of rotatable bonds is 7. The zero-order valence-corrected chi connectivity index (χ0v) is 11.9. The Balaban J connectivity index is 1.63. The molecule has 3 rings (SSSR count). The monoisotopic (exact) mass is 274 g/mol. The fourth-order valence-corrected chi connectivity index (χ4v) is 3.21. The van der Waals surface area contributed by atoms with Gasteiger partial charge in [-0.1, -0.05) is 18.2 Å². The zero-order chi connectivity index (χ0) is 14.1. The summed E-state index contributed by atoms with van der Waals surface area (Å²) < 4.78 is 0. The fraction of sp³-hybridized carbons (Fsp3) is 0.625. The molecule has 2 aliphatic carbocycles. The van der Waals surface area contributed by atoms with Crippen LogP contribution in [0.4, 0.5) is 5.69 Å². The van der Waals surface area contributed by atoms with Gasteiger partial charge in [0.25, 0.3) is 5.69 Å². The maximum absolute atomic E-state index is 11.1. The van der Waals surface area contributed by atoms with Gasteiger partial charge in [-0.3, -0.25) is 10.1 Å². The average Bonchev–Trinajstić information content (AvgIpc) is 3.31. The van der Waals surface area contributed by atoms with Gasteiger partial charge < -0.3 is 5.32 Å². The summed E-state index contributed by atoms with van der Waals surface area (Å²) in [6.45, 7) is 3.03. The second kappa shape index (κ2) is 5.52. The predicted molar refractivity (Wildman–Crippen MR) is 78.5 cm³/mol. The molecule has 0 bridgehead atoms. The standard InChI is InChI=1S/C16H22N2O2/c1-11(14-4-2-3-5-16(14)18(19)20)17-10-15(12-6-7-12)13-8-9-13/h2-5,11-13,15,17H,6-10H2,1H3. The summed E-state index contributed by atoms with van der Waals surface area (Å²) in [6.07, 6.45) is 5.51. The molecule has 2 fully saturated rings. The van der Waals surface area contributed by atoms with Crippen LogP contribution in [0.15, 0.2) is 24.3 Å². The molecule has 0 aromatic heterocycles. The molecule has 1 aromatic rings. The number of hydrogen-bond acceptors (Lipinski definition) is 3. The molecule has 0 amide bonds. The Labute approximate surface area is 119 Å². The summed E-state index contributed by atoms with van der Waals surface area (Å²) in [7, 11) is 0. The normalized spacial score (nSPS) is 20.1. The van der Waals surface area contributed by atoms with Crippen LogP contribution in [0, 0.1) is 27.9 Å². The van der Waals surface area contributed by atoms with E-state index >= 15 is 0 Å². The van der Waals surface area contributed by atoms with Gasteiger partial charge in [0.2, 0.25) is 0 Å². The van der Waals surface area contributed by atoms with Gasteiger partial charge in [-0.25, -0.2) is 0 Å². The van der Waals surface area contributed by atoms with Crippen molar-refractivity contribution in [3.05, 3.63) is 39.9 Å². The average molecular weight is 274 g/mol. The fourth-order valence-electron chi connectivity index (χ4n) is 3.21. The molecule has 1 aromatic carbocycles. The number of nitro benzene ring substituents is 1. The summed E-state index contributed by atoms with van der Waals surface area (Å²) in [5.41, 5.74) is 1.02. The van der Waals surface area contributed by atoms with Crippen LogP contribution in [0.1, 0.15) is 44.2 Å². The Hall–Kier alpha value is -1.42. The molecule has 2 aliphatic rings. The van der Waals surface area contributed by atoms with Crippen molar-refractivity contribution in [3.8, 4) is 0 Å².